The Morgan fingerprint density at radius 2 is 0.948 bits per heavy atom. The van der Waals surface area contributed by atoms with Gasteiger partial charge in [0.25, 0.3) is 0 Å². The summed E-state index contributed by atoms with van der Waals surface area (Å²) in [5.41, 5.74) is 18.5. The highest BCUT2D eigenvalue weighted by molar-refractivity contribution is 6.23. The molecule has 1 aliphatic carbocycles. The normalized spacial score (nSPS) is 13.1. The van der Waals surface area contributed by atoms with Gasteiger partial charge in [-0.05, 0) is 80.9 Å². The topological polar surface area (TPSA) is 43.6 Å². The maximum absolute atomic E-state index is 5.51. The van der Waals surface area contributed by atoms with Crippen molar-refractivity contribution in [2.45, 2.75) is 19.3 Å². The molecule has 8 aromatic carbocycles. The fraction of sp³-hybridized carbons (Fsp3) is 0.0556. The van der Waals surface area contributed by atoms with Crippen LogP contribution in [0.4, 0.5) is 0 Å². The van der Waals surface area contributed by atoms with Crippen molar-refractivity contribution in [3.63, 3.8) is 0 Å². The van der Waals surface area contributed by atoms with Crippen molar-refractivity contribution in [3.8, 4) is 84.4 Å². The minimum Gasteiger partial charge on any atom is -0.308 e. The standard InChI is InChI=1S/C54H36N4/c1-54(2)43-26-16-25-40-39-23-12-14-27-45(39)58-46-28-15-13-24-41(46)47-42(32-44(54)49(48(40)43)50(47)58)53-56-51(35-21-10-5-11-22-35)55-52(57-53)38-30-36(33-17-6-3-7-18-33)29-37(31-38)34-19-8-4-9-20-34/h3-32H,1-2H3. The lowest BCUT2D eigenvalue weighted by molar-refractivity contribution is 0.661. The third-order valence-electron chi connectivity index (χ3n) is 12.3. The Bertz CT molecular complexity index is 3230. The smallest absolute Gasteiger partial charge is 0.164 e. The molecule has 1 aliphatic heterocycles. The van der Waals surface area contributed by atoms with Gasteiger partial charge in [0, 0.05) is 44.0 Å². The molecule has 3 heterocycles. The Morgan fingerprint density at radius 3 is 1.66 bits per heavy atom. The molecule has 272 valence electrons. The Hall–Kier alpha value is -7.43. The monoisotopic (exact) mass is 740 g/mol. The molecule has 12 rings (SSSR count). The molecule has 2 aliphatic rings. The van der Waals surface area contributed by atoms with Gasteiger partial charge >= 0.3 is 0 Å². The lowest BCUT2D eigenvalue weighted by atomic mass is 9.81. The van der Waals surface area contributed by atoms with Crippen LogP contribution in [-0.2, 0) is 5.41 Å². The van der Waals surface area contributed by atoms with E-state index in [0.29, 0.717) is 17.5 Å². The van der Waals surface area contributed by atoms with Crippen LogP contribution in [0.2, 0.25) is 0 Å². The third-order valence-corrected chi connectivity index (χ3v) is 12.3. The Balaban J connectivity index is 1.20. The number of benzene rings is 8. The van der Waals surface area contributed by atoms with Crippen LogP contribution in [0.3, 0.4) is 0 Å². The second kappa shape index (κ2) is 12.3. The Morgan fingerprint density at radius 1 is 0.397 bits per heavy atom. The van der Waals surface area contributed by atoms with Gasteiger partial charge in [0.15, 0.2) is 17.5 Å². The zero-order chi connectivity index (χ0) is 38.5. The van der Waals surface area contributed by atoms with Gasteiger partial charge in [-0.1, -0.05) is 159 Å². The highest BCUT2D eigenvalue weighted by atomic mass is 15.0. The summed E-state index contributed by atoms with van der Waals surface area (Å²) in [6.07, 6.45) is 0. The number of aromatic nitrogens is 4. The van der Waals surface area contributed by atoms with Crippen molar-refractivity contribution in [1.82, 2.24) is 19.5 Å². The van der Waals surface area contributed by atoms with Crippen LogP contribution in [0.25, 0.3) is 106 Å². The summed E-state index contributed by atoms with van der Waals surface area (Å²) in [5, 5.41) is 2.33. The minimum absolute atomic E-state index is 0.260. The van der Waals surface area contributed by atoms with Crippen LogP contribution < -0.4 is 0 Å². The summed E-state index contributed by atoms with van der Waals surface area (Å²) >= 11 is 0. The van der Waals surface area contributed by atoms with E-state index in [1.54, 1.807) is 0 Å². The van der Waals surface area contributed by atoms with Crippen LogP contribution in [0.5, 0.6) is 0 Å². The van der Waals surface area contributed by atoms with Crippen LogP contribution in [0.15, 0.2) is 182 Å². The average molecular weight is 741 g/mol. The van der Waals surface area contributed by atoms with E-state index < -0.39 is 0 Å². The van der Waals surface area contributed by atoms with Gasteiger partial charge in [0.1, 0.15) is 0 Å². The second-order valence-corrected chi connectivity index (χ2v) is 16.0. The van der Waals surface area contributed by atoms with Crippen molar-refractivity contribution < 1.29 is 0 Å². The summed E-state index contributed by atoms with van der Waals surface area (Å²) in [6, 6.07) is 65.1. The summed E-state index contributed by atoms with van der Waals surface area (Å²) in [5.74, 6) is 1.94. The maximum Gasteiger partial charge on any atom is 0.164 e. The second-order valence-electron chi connectivity index (χ2n) is 16.0. The van der Waals surface area contributed by atoms with Crippen LogP contribution in [0, 0.1) is 0 Å². The molecule has 0 saturated heterocycles. The number of hydrogen-bond donors (Lipinski definition) is 0. The number of fused-ring (bicyclic) bond motifs is 6. The number of hydrogen-bond acceptors (Lipinski definition) is 3. The number of para-hydroxylation sites is 2. The van der Waals surface area contributed by atoms with Crippen LogP contribution >= 0.6 is 0 Å². The molecule has 0 fully saturated rings. The zero-order valence-corrected chi connectivity index (χ0v) is 32.1. The molecular weight excluding hydrogens is 705 g/mol. The molecule has 0 N–H and O–H groups in total. The Labute approximate surface area is 336 Å². The third kappa shape index (κ3) is 4.72. The molecule has 0 radical (unpaired) electrons. The fourth-order valence-corrected chi connectivity index (χ4v) is 9.64. The van der Waals surface area contributed by atoms with Gasteiger partial charge in [-0.25, -0.2) is 15.0 Å². The van der Waals surface area contributed by atoms with Gasteiger partial charge in [-0.2, -0.15) is 0 Å². The molecule has 0 atom stereocenters. The highest BCUT2D eigenvalue weighted by Crippen LogP contribution is 2.59. The predicted molar refractivity (Wildman–Crippen MR) is 238 cm³/mol. The van der Waals surface area contributed by atoms with E-state index in [9.17, 15) is 0 Å². The molecule has 0 amide bonds. The zero-order valence-electron chi connectivity index (χ0n) is 32.1. The van der Waals surface area contributed by atoms with Gasteiger partial charge in [-0.3, -0.25) is 0 Å². The quantitative estimate of drug-likeness (QED) is 0.176. The largest absolute Gasteiger partial charge is 0.308 e. The molecule has 0 saturated carbocycles. The molecule has 0 unspecified atom stereocenters. The highest BCUT2D eigenvalue weighted by Gasteiger charge is 2.42. The number of nitrogens with zero attached hydrogens (tertiary/aromatic N) is 4. The molecule has 2 aromatic heterocycles. The first-order valence-electron chi connectivity index (χ1n) is 20.0. The van der Waals surface area contributed by atoms with E-state index in [2.05, 4.69) is 182 Å². The minimum atomic E-state index is -0.260. The fourth-order valence-electron chi connectivity index (χ4n) is 9.64. The van der Waals surface area contributed by atoms with Crippen molar-refractivity contribution >= 4 is 21.8 Å². The first-order valence-corrected chi connectivity index (χ1v) is 20.0. The molecule has 4 heteroatoms. The van der Waals surface area contributed by atoms with E-state index in [1.807, 2.05) is 18.2 Å². The van der Waals surface area contributed by atoms with E-state index in [-0.39, 0.29) is 5.41 Å². The molecule has 58 heavy (non-hydrogen) atoms. The molecule has 0 spiro atoms. The number of rotatable bonds is 5. The summed E-state index contributed by atoms with van der Waals surface area (Å²) in [7, 11) is 0. The Kier molecular flexibility index (Phi) is 6.94. The van der Waals surface area contributed by atoms with E-state index >= 15 is 0 Å². The van der Waals surface area contributed by atoms with E-state index in [4.69, 9.17) is 15.0 Å². The lowest BCUT2D eigenvalue weighted by Crippen LogP contribution is -2.15. The van der Waals surface area contributed by atoms with Crippen LogP contribution in [0.1, 0.15) is 25.0 Å². The SMILES string of the molecule is CC1(C)c2cccc3c2-c2c1cc(-c1nc(-c4ccccc4)nc(-c4cc(-c5ccccc5)cc(-c5ccccc5)c4)n1)c1c4ccccc4n(c21)-c1ccccc1-3. The first kappa shape index (κ1) is 32.8. The summed E-state index contributed by atoms with van der Waals surface area (Å²) < 4.78 is 2.50. The molecule has 0 bridgehead atoms. The van der Waals surface area contributed by atoms with Crippen molar-refractivity contribution in [1.29, 1.82) is 0 Å². The predicted octanol–water partition coefficient (Wildman–Crippen LogP) is 13.6. The maximum atomic E-state index is 5.51. The van der Waals surface area contributed by atoms with Gasteiger partial charge in [-0.15, -0.1) is 0 Å². The van der Waals surface area contributed by atoms with Crippen molar-refractivity contribution in [2.75, 3.05) is 0 Å². The molecule has 4 nitrogen and oxygen atoms in total. The average Bonchev–Trinajstić information content (AvgIpc) is 3.70. The van der Waals surface area contributed by atoms with E-state index in [1.165, 1.54) is 55.5 Å². The summed E-state index contributed by atoms with van der Waals surface area (Å²) in [4.78, 5) is 16.2. The van der Waals surface area contributed by atoms with Crippen molar-refractivity contribution in [3.05, 3.63) is 193 Å². The molecule has 10 aromatic rings. The van der Waals surface area contributed by atoms with Crippen LogP contribution in [-0.4, -0.2) is 19.5 Å². The lowest BCUT2D eigenvalue weighted by Gasteiger charge is -2.23. The van der Waals surface area contributed by atoms with Gasteiger partial charge < -0.3 is 4.57 Å². The molecular formula is C54H36N4. The van der Waals surface area contributed by atoms with Gasteiger partial charge in [0.05, 0.1) is 16.7 Å². The van der Waals surface area contributed by atoms with Gasteiger partial charge in [0.2, 0.25) is 0 Å². The van der Waals surface area contributed by atoms with E-state index in [0.717, 1.165) is 44.3 Å². The van der Waals surface area contributed by atoms with Crippen molar-refractivity contribution in [2.24, 2.45) is 0 Å². The first-order chi connectivity index (χ1) is 28.5. The summed E-state index contributed by atoms with van der Waals surface area (Å²) in [6.45, 7) is 4.73.